The highest BCUT2D eigenvalue weighted by Crippen LogP contribution is 2.27. The summed E-state index contributed by atoms with van der Waals surface area (Å²) >= 11 is 5.79. The quantitative estimate of drug-likeness (QED) is 0.816. The van der Waals surface area contributed by atoms with E-state index in [0.29, 0.717) is 11.4 Å². The Labute approximate surface area is 121 Å². The van der Waals surface area contributed by atoms with E-state index in [1.165, 1.54) is 0 Å². The van der Waals surface area contributed by atoms with Crippen LogP contribution in [0.15, 0.2) is 24.3 Å². The Morgan fingerprint density at radius 2 is 1.84 bits per heavy atom. The molecule has 0 aliphatic heterocycles. The number of alkyl halides is 1. The second-order valence-electron chi connectivity index (χ2n) is 6.91. The molecule has 0 heterocycles. The molecule has 1 aromatic carbocycles. The predicted molar refractivity (Wildman–Crippen MR) is 81.6 cm³/mol. The molecular weight excluding hydrogens is 258 g/mol. The standard InChI is InChI=1S/C16H24ClNO/c1-15(2,3)11-16(4,5)18-14(19)13-8-6-7-12(9-13)10-17/h6-9H,10-11H2,1-5H3,(H,18,19). The molecule has 1 aromatic rings. The van der Waals surface area contributed by atoms with Crippen molar-refractivity contribution in [3.63, 3.8) is 0 Å². The monoisotopic (exact) mass is 281 g/mol. The average molecular weight is 282 g/mol. The van der Waals surface area contributed by atoms with Gasteiger partial charge in [-0.15, -0.1) is 11.6 Å². The van der Waals surface area contributed by atoms with Gasteiger partial charge in [0, 0.05) is 17.0 Å². The van der Waals surface area contributed by atoms with Gasteiger partial charge in [-0.2, -0.15) is 0 Å². The van der Waals surface area contributed by atoms with Gasteiger partial charge in [-0.25, -0.2) is 0 Å². The maximum Gasteiger partial charge on any atom is 0.251 e. The summed E-state index contributed by atoms with van der Waals surface area (Å²) in [6.45, 7) is 10.6. The zero-order chi connectivity index (χ0) is 14.7. The minimum atomic E-state index is -0.230. The second kappa shape index (κ2) is 5.96. The first-order valence-corrected chi connectivity index (χ1v) is 7.14. The summed E-state index contributed by atoms with van der Waals surface area (Å²) in [6, 6.07) is 7.45. The Morgan fingerprint density at radius 3 is 2.37 bits per heavy atom. The number of benzene rings is 1. The molecule has 0 unspecified atom stereocenters. The molecule has 0 aliphatic carbocycles. The third-order valence-corrected chi connectivity index (χ3v) is 3.08. The summed E-state index contributed by atoms with van der Waals surface area (Å²) in [5, 5.41) is 3.10. The number of carbonyl (C=O) groups excluding carboxylic acids is 1. The first kappa shape index (κ1) is 16.0. The van der Waals surface area contributed by atoms with Crippen LogP contribution in [-0.2, 0) is 5.88 Å². The number of nitrogens with one attached hydrogen (secondary N) is 1. The molecule has 1 N–H and O–H groups in total. The van der Waals surface area contributed by atoms with E-state index in [4.69, 9.17) is 11.6 Å². The fourth-order valence-corrected chi connectivity index (χ4v) is 2.71. The Balaban J connectivity index is 2.78. The molecule has 0 bridgehead atoms. The molecule has 0 aromatic heterocycles. The summed E-state index contributed by atoms with van der Waals surface area (Å²) in [4.78, 5) is 12.3. The zero-order valence-corrected chi connectivity index (χ0v) is 13.3. The van der Waals surface area contributed by atoms with Gasteiger partial charge in [0.05, 0.1) is 0 Å². The minimum absolute atomic E-state index is 0.0405. The molecular formula is C16H24ClNO. The molecule has 0 saturated carbocycles. The number of hydrogen-bond acceptors (Lipinski definition) is 1. The van der Waals surface area contributed by atoms with Crippen molar-refractivity contribution in [3.05, 3.63) is 35.4 Å². The van der Waals surface area contributed by atoms with Crippen molar-refractivity contribution in [3.8, 4) is 0 Å². The lowest BCUT2D eigenvalue weighted by molar-refractivity contribution is 0.0891. The molecule has 0 aliphatic rings. The summed E-state index contributed by atoms with van der Waals surface area (Å²) in [5.41, 5.74) is 1.57. The minimum Gasteiger partial charge on any atom is -0.347 e. The number of halogens is 1. The molecule has 19 heavy (non-hydrogen) atoms. The van der Waals surface area contributed by atoms with Gasteiger partial charge in [0.15, 0.2) is 0 Å². The Bertz CT molecular complexity index is 446. The van der Waals surface area contributed by atoms with Crippen LogP contribution in [0.25, 0.3) is 0 Å². The van der Waals surface area contributed by atoms with Gasteiger partial charge in [0.2, 0.25) is 0 Å². The Morgan fingerprint density at radius 1 is 1.21 bits per heavy atom. The van der Waals surface area contributed by atoms with E-state index in [0.717, 1.165) is 12.0 Å². The topological polar surface area (TPSA) is 29.1 Å². The number of amides is 1. The van der Waals surface area contributed by atoms with Crippen molar-refractivity contribution in [1.29, 1.82) is 0 Å². The Kier molecular flexibility index (Phi) is 5.03. The van der Waals surface area contributed by atoms with Gasteiger partial charge in [0.1, 0.15) is 0 Å². The number of rotatable bonds is 4. The van der Waals surface area contributed by atoms with E-state index in [-0.39, 0.29) is 16.9 Å². The van der Waals surface area contributed by atoms with Gasteiger partial charge in [0.25, 0.3) is 5.91 Å². The van der Waals surface area contributed by atoms with E-state index < -0.39 is 0 Å². The fourth-order valence-electron chi connectivity index (χ4n) is 2.55. The normalized spacial score (nSPS) is 12.3. The lowest BCUT2D eigenvalue weighted by Gasteiger charge is -2.33. The average Bonchev–Trinajstić information content (AvgIpc) is 2.25. The molecule has 0 saturated heterocycles. The van der Waals surface area contributed by atoms with Crippen LogP contribution >= 0.6 is 11.6 Å². The largest absolute Gasteiger partial charge is 0.347 e. The van der Waals surface area contributed by atoms with E-state index in [1.807, 2.05) is 24.3 Å². The van der Waals surface area contributed by atoms with Crippen molar-refractivity contribution in [2.45, 2.75) is 52.5 Å². The molecule has 1 amide bonds. The molecule has 0 atom stereocenters. The van der Waals surface area contributed by atoms with Crippen LogP contribution in [0.1, 0.15) is 57.0 Å². The first-order chi connectivity index (χ1) is 8.63. The van der Waals surface area contributed by atoms with Gasteiger partial charge >= 0.3 is 0 Å². The molecule has 0 fully saturated rings. The van der Waals surface area contributed by atoms with Crippen LogP contribution in [0.2, 0.25) is 0 Å². The van der Waals surface area contributed by atoms with Gasteiger partial charge in [-0.3, -0.25) is 4.79 Å². The zero-order valence-electron chi connectivity index (χ0n) is 12.5. The molecule has 0 radical (unpaired) electrons. The summed E-state index contributed by atoms with van der Waals surface area (Å²) in [6.07, 6.45) is 0.918. The fraction of sp³-hybridized carbons (Fsp3) is 0.562. The SMILES string of the molecule is CC(C)(C)CC(C)(C)NC(=O)c1cccc(CCl)c1. The third-order valence-electron chi connectivity index (χ3n) is 2.77. The van der Waals surface area contributed by atoms with E-state index in [1.54, 1.807) is 0 Å². The van der Waals surface area contributed by atoms with Crippen molar-refractivity contribution < 1.29 is 4.79 Å². The summed E-state index contributed by atoms with van der Waals surface area (Å²) < 4.78 is 0. The summed E-state index contributed by atoms with van der Waals surface area (Å²) in [7, 11) is 0. The van der Waals surface area contributed by atoms with Crippen molar-refractivity contribution >= 4 is 17.5 Å². The first-order valence-electron chi connectivity index (χ1n) is 6.60. The molecule has 3 heteroatoms. The second-order valence-corrected chi connectivity index (χ2v) is 7.18. The smallest absolute Gasteiger partial charge is 0.251 e. The summed E-state index contributed by atoms with van der Waals surface area (Å²) in [5.74, 6) is 0.383. The van der Waals surface area contributed by atoms with Crippen LogP contribution in [-0.4, -0.2) is 11.4 Å². The van der Waals surface area contributed by atoms with Crippen molar-refractivity contribution in [2.24, 2.45) is 5.41 Å². The lowest BCUT2D eigenvalue weighted by atomic mass is 9.81. The lowest BCUT2D eigenvalue weighted by Crippen LogP contribution is -2.45. The Hall–Kier alpha value is -1.02. The van der Waals surface area contributed by atoms with Crippen molar-refractivity contribution in [1.82, 2.24) is 5.32 Å². The van der Waals surface area contributed by atoms with Crippen LogP contribution in [0, 0.1) is 5.41 Å². The third kappa shape index (κ3) is 5.65. The molecule has 2 nitrogen and oxygen atoms in total. The number of hydrogen-bond donors (Lipinski definition) is 1. The van der Waals surface area contributed by atoms with Crippen molar-refractivity contribution in [2.75, 3.05) is 0 Å². The van der Waals surface area contributed by atoms with E-state index in [2.05, 4.69) is 39.9 Å². The molecule has 106 valence electrons. The maximum atomic E-state index is 12.3. The van der Waals surface area contributed by atoms with Gasteiger partial charge < -0.3 is 5.32 Å². The highest BCUT2D eigenvalue weighted by molar-refractivity contribution is 6.17. The predicted octanol–water partition coefficient (Wildman–Crippen LogP) is 4.37. The van der Waals surface area contributed by atoms with E-state index in [9.17, 15) is 4.79 Å². The highest BCUT2D eigenvalue weighted by atomic mass is 35.5. The van der Waals surface area contributed by atoms with Gasteiger partial charge in [-0.1, -0.05) is 32.9 Å². The van der Waals surface area contributed by atoms with Crippen LogP contribution in [0.3, 0.4) is 0 Å². The highest BCUT2D eigenvalue weighted by Gasteiger charge is 2.27. The maximum absolute atomic E-state index is 12.3. The van der Waals surface area contributed by atoms with Crippen LogP contribution in [0.4, 0.5) is 0 Å². The van der Waals surface area contributed by atoms with Gasteiger partial charge in [-0.05, 0) is 43.4 Å². The van der Waals surface area contributed by atoms with E-state index >= 15 is 0 Å². The van der Waals surface area contributed by atoms with Crippen LogP contribution < -0.4 is 5.32 Å². The number of carbonyl (C=O) groups is 1. The molecule has 0 spiro atoms. The van der Waals surface area contributed by atoms with Crippen LogP contribution in [0.5, 0.6) is 0 Å². The molecule has 1 rings (SSSR count).